The third-order valence-corrected chi connectivity index (χ3v) is 3.43. The molecule has 2 nitrogen and oxygen atoms in total. The van der Waals surface area contributed by atoms with Crippen LogP contribution >= 0.6 is 15.9 Å². The predicted molar refractivity (Wildman–Crippen MR) is 82.0 cm³/mol. The molecule has 0 spiro atoms. The Morgan fingerprint density at radius 1 is 1.30 bits per heavy atom. The van der Waals surface area contributed by atoms with Crippen LogP contribution in [0, 0.1) is 17.1 Å². The molecule has 0 aliphatic heterocycles. The summed E-state index contributed by atoms with van der Waals surface area (Å²) >= 11 is 3.34. The number of anilines is 1. The van der Waals surface area contributed by atoms with E-state index in [0.717, 1.165) is 15.7 Å². The van der Waals surface area contributed by atoms with Crippen molar-refractivity contribution in [3.05, 3.63) is 63.9 Å². The first-order valence-corrected chi connectivity index (χ1v) is 7.08. The van der Waals surface area contributed by atoms with E-state index >= 15 is 0 Å². The summed E-state index contributed by atoms with van der Waals surface area (Å²) in [6.45, 7) is 2.01. The Labute approximate surface area is 126 Å². The van der Waals surface area contributed by atoms with Gasteiger partial charge >= 0.3 is 0 Å². The minimum atomic E-state index is -0.226. The highest BCUT2D eigenvalue weighted by Crippen LogP contribution is 2.21. The number of nitriles is 1. The van der Waals surface area contributed by atoms with Crippen molar-refractivity contribution < 1.29 is 4.39 Å². The Morgan fingerprint density at radius 2 is 2.10 bits per heavy atom. The second kappa shape index (κ2) is 6.53. The highest BCUT2D eigenvalue weighted by atomic mass is 79.9. The lowest BCUT2D eigenvalue weighted by Gasteiger charge is -2.16. The fourth-order valence-corrected chi connectivity index (χ4v) is 2.43. The van der Waals surface area contributed by atoms with Gasteiger partial charge in [-0.05, 0) is 49.2 Å². The molecule has 0 radical (unpaired) electrons. The zero-order valence-electron chi connectivity index (χ0n) is 11.0. The molecule has 0 amide bonds. The molecule has 20 heavy (non-hydrogen) atoms. The highest BCUT2D eigenvalue weighted by Gasteiger charge is 2.08. The van der Waals surface area contributed by atoms with E-state index in [1.165, 1.54) is 12.1 Å². The smallest absolute Gasteiger partial charge is 0.123 e. The fraction of sp³-hybridized carbons (Fsp3) is 0.188. The van der Waals surface area contributed by atoms with Gasteiger partial charge in [-0.25, -0.2) is 4.39 Å². The average molecular weight is 333 g/mol. The standard InChI is InChI=1S/C16H14BrFN2/c1-11(7-12-3-2-4-15(18)8-12)20-16-6-5-14(17)9-13(16)10-19/h2-6,8-9,11,20H,7H2,1H3. The van der Waals surface area contributed by atoms with Gasteiger partial charge in [0.1, 0.15) is 11.9 Å². The summed E-state index contributed by atoms with van der Waals surface area (Å²) in [5, 5.41) is 12.4. The average Bonchev–Trinajstić information content (AvgIpc) is 2.40. The third kappa shape index (κ3) is 3.82. The van der Waals surface area contributed by atoms with Gasteiger partial charge in [-0.2, -0.15) is 5.26 Å². The van der Waals surface area contributed by atoms with Gasteiger partial charge in [0.15, 0.2) is 0 Å². The van der Waals surface area contributed by atoms with Crippen LogP contribution in [0.1, 0.15) is 18.1 Å². The lowest BCUT2D eigenvalue weighted by Crippen LogP contribution is -2.18. The molecule has 0 aromatic heterocycles. The van der Waals surface area contributed by atoms with Crippen LogP contribution in [0.4, 0.5) is 10.1 Å². The van der Waals surface area contributed by atoms with Crippen LogP contribution in [0.25, 0.3) is 0 Å². The zero-order chi connectivity index (χ0) is 14.5. The first-order valence-electron chi connectivity index (χ1n) is 6.29. The van der Waals surface area contributed by atoms with E-state index in [-0.39, 0.29) is 11.9 Å². The summed E-state index contributed by atoms with van der Waals surface area (Å²) in [4.78, 5) is 0. The molecule has 2 aromatic carbocycles. The minimum absolute atomic E-state index is 0.102. The summed E-state index contributed by atoms with van der Waals surface area (Å²) in [5.41, 5.74) is 2.31. The summed E-state index contributed by atoms with van der Waals surface area (Å²) in [6, 6.07) is 14.4. The molecule has 2 aromatic rings. The van der Waals surface area contributed by atoms with Gasteiger partial charge in [0.2, 0.25) is 0 Å². The molecule has 102 valence electrons. The maximum absolute atomic E-state index is 13.1. The van der Waals surface area contributed by atoms with E-state index in [0.29, 0.717) is 12.0 Å². The molecule has 0 saturated heterocycles. The van der Waals surface area contributed by atoms with Crippen LogP contribution < -0.4 is 5.32 Å². The second-order valence-electron chi connectivity index (χ2n) is 4.68. The molecule has 0 bridgehead atoms. The van der Waals surface area contributed by atoms with E-state index in [1.807, 2.05) is 25.1 Å². The molecule has 4 heteroatoms. The van der Waals surface area contributed by atoms with Crippen LogP contribution in [0.5, 0.6) is 0 Å². The molecule has 0 aliphatic carbocycles. The Hall–Kier alpha value is -1.86. The van der Waals surface area contributed by atoms with E-state index in [9.17, 15) is 4.39 Å². The largest absolute Gasteiger partial charge is 0.381 e. The first-order chi connectivity index (χ1) is 9.58. The molecule has 0 fully saturated rings. The quantitative estimate of drug-likeness (QED) is 0.894. The van der Waals surface area contributed by atoms with Gasteiger partial charge in [-0.15, -0.1) is 0 Å². The van der Waals surface area contributed by atoms with E-state index < -0.39 is 0 Å². The third-order valence-electron chi connectivity index (χ3n) is 2.93. The van der Waals surface area contributed by atoms with Gasteiger partial charge in [0, 0.05) is 10.5 Å². The van der Waals surface area contributed by atoms with Gasteiger partial charge in [0.05, 0.1) is 11.3 Å². The second-order valence-corrected chi connectivity index (χ2v) is 5.60. The van der Waals surface area contributed by atoms with Crippen molar-refractivity contribution in [2.45, 2.75) is 19.4 Å². The Bertz CT molecular complexity index is 649. The van der Waals surface area contributed by atoms with Crippen molar-refractivity contribution in [1.29, 1.82) is 5.26 Å². The molecule has 0 heterocycles. The maximum atomic E-state index is 13.1. The van der Waals surface area contributed by atoms with Crippen LogP contribution in [0.15, 0.2) is 46.9 Å². The lowest BCUT2D eigenvalue weighted by atomic mass is 10.1. The molecular weight excluding hydrogens is 319 g/mol. The topological polar surface area (TPSA) is 35.8 Å². The molecule has 1 unspecified atom stereocenters. The van der Waals surface area contributed by atoms with Crippen molar-refractivity contribution in [3.63, 3.8) is 0 Å². The van der Waals surface area contributed by atoms with E-state index in [1.54, 1.807) is 12.1 Å². The number of benzene rings is 2. The summed E-state index contributed by atoms with van der Waals surface area (Å²) in [6.07, 6.45) is 0.693. The van der Waals surface area contributed by atoms with Crippen LogP contribution in [0.3, 0.4) is 0 Å². The predicted octanol–water partition coefficient (Wildman–Crippen LogP) is 4.50. The van der Waals surface area contributed by atoms with Crippen molar-refractivity contribution in [3.8, 4) is 6.07 Å². The maximum Gasteiger partial charge on any atom is 0.123 e. The van der Waals surface area contributed by atoms with Gasteiger partial charge in [-0.3, -0.25) is 0 Å². The number of hydrogen-bond acceptors (Lipinski definition) is 2. The fourth-order valence-electron chi connectivity index (χ4n) is 2.07. The van der Waals surface area contributed by atoms with Crippen molar-refractivity contribution in [2.75, 3.05) is 5.32 Å². The van der Waals surface area contributed by atoms with Crippen LogP contribution in [-0.2, 0) is 6.42 Å². The normalized spacial score (nSPS) is 11.7. The minimum Gasteiger partial charge on any atom is -0.381 e. The highest BCUT2D eigenvalue weighted by molar-refractivity contribution is 9.10. The summed E-state index contributed by atoms with van der Waals surface area (Å²) < 4.78 is 14.0. The SMILES string of the molecule is CC(Cc1cccc(F)c1)Nc1ccc(Br)cc1C#N. The molecular formula is C16H14BrFN2. The van der Waals surface area contributed by atoms with Crippen molar-refractivity contribution in [1.82, 2.24) is 0 Å². The zero-order valence-corrected chi connectivity index (χ0v) is 12.6. The molecule has 0 aliphatic rings. The number of halogens is 2. The van der Waals surface area contributed by atoms with Crippen molar-refractivity contribution >= 4 is 21.6 Å². The number of nitrogens with zero attached hydrogens (tertiary/aromatic N) is 1. The van der Waals surface area contributed by atoms with Crippen molar-refractivity contribution in [2.24, 2.45) is 0 Å². The number of rotatable bonds is 4. The number of nitrogens with one attached hydrogen (secondary N) is 1. The Morgan fingerprint density at radius 3 is 2.80 bits per heavy atom. The molecule has 2 rings (SSSR count). The monoisotopic (exact) mass is 332 g/mol. The Kier molecular flexibility index (Phi) is 4.75. The number of hydrogen-bond donors (Lipinski definition) is 1. The van der Waals surface area contributed by atoms with Crippen LogP contribution in [-0.4, -0.2) is 6.04 Å². The molecule has 1 atom stereocenters. The molecule has 0 saturated carbocycles. The van der Waals surface area contributed by atoms with Gasteiger partial charge < -0.3 is 5.32 Å². The van der Waals surface area contributed by atoms with Gasteiger partial charge in [-0.1, -0.05) is 28.1 Å². The lowest BCUT2D eigenvalue weighted by molar-refractivity contribution is 0.624. The first kappa shape index (κ1) is 14.5. The Balaban J connectivity index is 2.09. The summed E-state index contributed by atoms with van der Waals surface area (Å²) in [5.74, 6) is -0.226. The van der Waals surface area contributed by atoms with E-state index in [4.69, 9.17) is 5.26 Å². The molecule has 1 N–H and O–H groups in total. The van der Waals surface area contributed by atoms with Crippen LogP contribution in [0.2, 0.25) is 0 Å². The summed E-state index contributed by atoms with van der Waals surface area (Å²) in [7, 11) is 0. The van der Waals surface area contributed by atoms with Gasteiger partial charge in [0.25, 0.3) is 0 Å². The van der Waals surface area contributed by atoms with E-state index in [2.05, 4.69) is 27.3 Å².